The first-order chi connectivity index (χ1) is 8.66. The summed E-state index contributed by atoms with van der Waals surface area (Å²) >= 11 is 8.26. The van der Waals surface area contributed by atoms with Crippen LogP contribution in [0, 0.1) is 6.07 Å². The second-order valence-corrected chi connectivity index (χ2v) is 5.36. The first-order valence-corrected chi connectivity index (χ1v) is 7.40. The van der Waals surface area contributed by atoms with E-state index in [1.807, 2.05) is 12.1 Å². The largest absolute Gasteiger partial charge is 2.00 e. The van der Waals surface area contributed by atoms with Gasteiger partial charge in [-0.05, 0) is 0 Å². The van der Waals surface area contributed by atoms with E-state index >= 15 is 0 Å². The van der Waals surface area contributed by atoms with Gasteiger partial charge in [-0.2, -0.15) is 35.9 Å². The zero-order valence-electron chi connectivity index (χ0n) is 11.9. The Morgan fingerprint density at radius 2 is 1.79 bits per heavy atom. The molecule has 19 heavy (non-hydrogen) atoms. The van der Waals surface area contributed by atoms with Crippen molar-refractivity contribution in [1.82, 2.24) is 0 Å². The molecule has 0 saturated carbocycles. The van der Waals surface area contributed by atoms with Crippen LogP contribution < -0.4 is 5.73 Å². The Morgan fingerprint density at radius 1 is 1.21 bits per heavy atom. The van der Waals surface area contributed by atoms with Crippen LogP contribution in [0.3, 0.4) is 0 Å². The number of nitrogens with two attached hydrogens (primary N) is 1. The molecule has 1 aromatic rings. The minimum atomic E-state index is 0. The van der Waals surface area contributed by atoms with Crippen LogP contribution in [0.25, 0.3) is 0 Å². The average molecular weight is 347 g/mol. The van der Waals surface area contributed by atoms with Gasteiger partial charge in [-0.3, -0.25) is 0 Å². The molecule has 0 atom stereocenters. The van der Waals surface area contributed by atoms with E-state index in [1.165, 1.54) is 50.5 Å². The summed E-state index contributed by atoms with van der Waals surface area (Å²) in [4.78, 5) is 0. The van der Waals surface area contributed by atoms with Crippen molar-refractivity contribution in [2.75, 3.05) is 0 Å². The van der Waals surface area contributed by atoms with Gasteiger partial charge in [-0.25, -0.2) is 0 Å². The molecule has 0 bridgehead atoms. The van der Waals surface area contributed by atoms with E-state index in [1.54, 1.807) is 0 Å². The number of rotatable bonds is 7. The Morgan fingerprint density at radius 3 is 2.32 bits per heavy atom. The summed E-state index contributed by atoms with van der Waals surface area (Å²) in [5.41, 5.74) is 6.02. The van der Waals surface area contributed by atoms with Crippen molar-refractivity contribution < 1.29 is 19.5 Å². The van der Waals surface area contributed by atoms with E-state index in [2.05, 4.69) is 55.7 Å². The van der Waals surface area contributed by atoms with Crippen LogP contribution in [-0.4, -0.2) is 4.32 Å². The van der Waals surface area contributed by atoms with Crippen LogP contribution in [0.1, 0.15) is 51.0 Å². The summed E-state index contributed by atoms with van der Waals surface area (Å²) in [7, 11) is 0. The van der Waals surface area contributed by atoms with Gasteiger partial charge in [0.2, 0.25) is 0 Å². The van der Waals surface area contributed by atoms with Crippen LogP contribution in [0.4, 0.5) is 0 Å². The van der Waals surface area contributed by atoms with Gasteiger partial charge in [-0.1, -0.05) is 56.2 Å². The second-order valence-electron chi connectivity index (χ2n) is 4.22. The first kappa shape index (κ1) is 21.3. The predicted molar refractivity (Wildman–Crippen MR) is 86.5 cm³/mol. The van der Waals surface area contributed by atoms with Crippen molar-refractivity contribution in [1.29, 1.82) is 0 Å². The molecular weight excluding hydrogens is 324 g/mol. The fraction of sp³-hybridized carbons (Fsp3) is 0.533. The van der Waals surface area contributed by atoms with Crippen LogP contribution in [-0.2, 0) is 38.5 Å². The quantitative estimate of drug-likeness (QED) is 0.264. The third-order valence-corrected chi connectivity index (χ3v) is 2.57. The van der Waals surface area contributed by atoms with E-state index in [-0.39, 0.29) is 23.8 Å². The summed E-state index contributed by atoms with van der Waals surface area (Å²) in [6.45, 7) is 2.26. The fourth-order valence-corrected chi connectivity index (χ4v) is 1.68. The summed E-state index contributed by atoms with van der Waals surface area (Å²) in [5.74, 6) is 0. The predicted octanol–water partition coefficient (Wildman–Crippen LogP) is 4.16. The first-order valence-electron chi connectivity index (χ1n) is 6.58. The van der Waals surface area contributed by atoms with Gasteiger partial charge in [-0.15, -0.1) is 0 Å². The molecule has 1 aromatic carbocycles. The molecule has 0 aromatic heterocycles. The Hall–Kier alpha value is -0.0466. The zero-order valence-corrected chi connectivity index (χ0v) is 16.5. The summed E-state index contributed by atoms with van der Waals surface area (Å²) in [6.07, 6.45) is 9.46. The van der Waals surface area contributed by atoms with Crippen LogP contribution in [0.5, 0.6) is 0 Å². The number of hydrogen-bond acceptors (Lipinski definition) is 2. The van der Waals surface area contributed by atoms with Crippen molar-refractivity contribution in [2.24, 2.45) is 5.73 Å². The fourth-order valence-electron chi connectivity index (χ4n) is 1.68. The molecule has 1 nitrogen and oxygen atoms in total. The summed E-state index contributed by atoms with van der Waals surface area (Å²) < 4.78 is 0.0833. The molecule has 0 radical (unpaired) electrons. The number of thiocarbonyl (C=S) groups is 1. The molecule has 0 spiro atoms. The van der Waals surface area contributed by atoms with Crippen molar-refractivity contribution in [3.05, 3.63) is 35.9 Å². The Labute approximate surface area is 141 Å². The SMILES string of the molecule is CCCCCCCCc1[c-]cccc1.NC(=S)[S-].[Zn+2]. The molecule has 0 aliphatic rings. The molecule has 4 heteroatoms. The van der Waals surface area contributed by atoms with E-state index < -0.39 is 0 Å². The average Bonchev–Trinajstić information content (AvgIpc) is 2.34. The third-order valence-electron chi connectivity index (χ3n) is 2.57. The smallest absolute Gasteiger partial charge is 0.415 e. The van der Waals surface area contributed by atoms with Gasteiger partial charge in [0.25, 0.3) is 0 Å². The van der Waals surface area contributed by atoms with E-state index in [4.69, 9.17) is 0 Å². The molecule has 0 aliphatic heterocycles. The maximum absolute atomic E-state index is 4.66. The molecule has 1 rings (SSSR count). The van der Waals surface area contributed by atoms with Gasteiger partial charge in [0.05, 0.1) is 0 Å². The molecule has 0 fully saturated rings. The molecule has 0 aliphatic carbocycles. The van der Waals surface area contributed by atoms with E-state index in [0.717, 1.165) is 0 Å². The molecular formula is C15H23NS2Zn. The Bertz CT molecular complexity index is 300. The Balaban J connectivity index is 0. The van der Waals surface area contributed by atoms with Crippen molar-refractivity contribution in [3.63, 3.8) is 0 Å². The summed E-state index contributed by atoms with van der Waals surface area (Å²) in [6, 6.07) is 11.6. The van der Waals surface area contributed by atoms with Crippen molar-refractivity contribution >= 4 is 29.2 Å². The number of aryl methyl sites for hydroxylation is 1. The van der Waals surface area contributed by atoms with Gasteiger partial charge in [0.1, 0.15) is 0 Å². The van der Waals surface area contributed by atoms with Crippen LogP contribution in [0.2, 0.25) is 0 Å². The number of unbranched alkanes of at least 4 members (excludes halogenated alkanes) is 5. The van der Waals surface area contributed by atoms with Crippen molar-refractivity contribution in [2.45, 2.75) is 51.9 Å². The molecule has 0 amide bonds. The minimum Gasteiger partial charge on any atom is -0.415 e. The van der Waals surface area contributed by atoms with Crippen molar-refractivity contribution in [3.8, 4) is 0 Å². The summed E-state index contributed by atoms with van der Waals surface area (Å²) in [5, 5.41) is 0. The maximum atomic E-state index is 4.66. The van der Waals surface area contributed by atoms with E-state index in [0.29, 0.717) is 0 Å². The molecule has 0 saturated heterocycles. The Kier molecular flexibility index (Phi) is 17.9. The van der Waals surface area contributed by atoms with Gasteiger partial charge < -0.3 is 30.6 Å². The molecule has 0 unspecified atom stereocenters. The normalized spacial score (nSPS) is 8.89. The van der Waals surface area contributed by atoms with E-state index in [9.17, 15) is 0 Å². The number of hydrogen-bond donors (Lipinski definition) is 1. The third kappa shape index (κ3) is 18.0. The second kappa shape index (κ2) is 16.0. The standard InChI is InChI=1S/C14H21.CH3NS2.Zn/c1-2-3-4-5-6-8-11-14-12-9-7-10-13-14;2-1(3)4;/h7,9-10,12H,2-6,8,11H2,1H3;(H3,2,3,4);/q-1;;+2/p-1. The van der Waals surface area contributed by atoms with Gasteiger partial charge in [0.15, 0.2) is 0 Å². The number of benzene rings is 1. The van der Waals surface area contributed by atoms with Crippen LogP contribution in [0.15, 0.2) is 24.3 Å². The topological polar surface area (TPSA) is 26.0 Å². The van der Waals surface area contributed by atoms with Gasteiger partial charge >= 0.3 is 19.5 Å². The zero-order chi connectivity index (χ0) is 13.6. The molecule has 0 heterocycles. The van der Waals surface area contributed by atoms with Crippen LogP contribution >= 0.6 is 12.2 Å². The van der Waals surface area contributed by atoms with Gasteiger partial charge in [0, 0.05) is 0 Å². The molecule has 102 valence electrons. The monoisotopic (exact) mass is 345 g/mol. The molecule has 2 N–H and O–H groups in total. The maximum Gasteiger partial charge on any atom is 2.00 e. The minimum absolute atomic E-state index is 0.